The van der Waals surface area contributed by atoms with Gasteiger partial charge in [0, 0.05) is 22.7 Å². The smallest absolute Gasteiger partial charge is 0.412 e. The predicted molar refractivity (Wildman–Crippen MR) is 128 cm³/mol. The fraction of sp³-hybridized carbons (Fsp3) is 0.417. The number of fused-ring (bicyclic) bond motifs is 1. The van der Waals surface area contributed by atoms with E-state index < -0.39 is 23.6 Å². The van der Waals surface area contributed by atoms with E-state index in [-0.39, 0.29) is 32.4 Å². The number of para-hydroxylation sites is 1. The highest BCUT2D eigenvalue weighted by atomic mass is 32.1. The fourth-order valence-electron chi connectivity index (χ4n) is 3.46. The summed E-state index contributed by atoms with van der Waals surface area (Å²) in [6.07, 6.45) is -1.03. The van der Waals surface area contributed by atoms with Gasteiger partial charge < -0.3 is 28.8 Å². The van der Waals surface area contributed by atoms with E-state index in [1.165, 1.54) is 0 Å². The van der Waals surface area contributed by atoms with E-state index >= 15 is 0 Å². The summed E-state index contributed by atoms with van der Waals surface area (Å²) < 4.78 is 27.4. The van der Waals surface area contributed by atoms with Crippen LogP contribution in [0.25, 0.3) is 0 Å². The van der Waals surface area contributed by atoms with Gasteiger partial charge in [0.2, 0.25) is 6.79 Å². The topological polar surface area (TPSA) is 113 Å². The van der Waals surface area contributed by atoms with Crippen molar-refractivity contribution in [2.24, 2.45) is 5.41 Å². The lowest BCUT2D eigenvalue weighted by Gasteiger charge is -2.34. The Morgan fingerprint density at radius 3 is 2.68 bits per heavy atom. The van der Waals surface area contributed by atoms with E-state index in [1.807, 2.05) is 19.9 Å². The van der Waals surface area contributed by atoms with Gasteiger partial charge in [0.05, 0.1) is 19.0 Å². The molecule has 0 bridgehead atoms. The lowest BCUT2D eigenvalue weighted by molar-refractivity contribution is -0.141. The summed E-state index contributed by atoms with van der Waals surface area (Å²) in [6, 6.07) is 12.2. The molecular weight excluding hydrogens is 462 g/mol. The summed E-state index contributed by atoms with van der Waals surface area (Å²) in [4.78, 5) is 24.4. The Kier molecular flexibility index (Phi) is 8.89. The van der Waals surface area contributed by atoms with Gasteiger partial charge in [-0.15, -0.1) is 0 Å². The third-order valence-electron chi connectivity index (χ3n) is 5.24. The van der Waals surface area contributed by atoms with Crippen molar-refractivity contribution in [3.05, 3.63) is 48.0 Å². The molecular formula is C24H29NO8S. The van der Waals surface area contributed by atoms with E-state index in [9.17, 15) is 14.7 Å². The molecule has 2 aromatic rings. The van der Waals surface area contributed by atoms with Crippen LogP contribution in [0.15, 0.2) is 42.5 Å². The molecule has 3 rings (SSSR count). The van der Waals surface area contributed by atoms with Crippen molar-refractivity contribution in [1.82, 2.24) is 0 Å². The standard InChI is InChI=1S/C24H29NO8S/c1-24(2,9-11-30-21(27)14-34)22(17-5-3-4-6-18(17)29-12-10-26)33-23(28)25-16-7-8-19-20(13-16)32-15-31-19/h3-8,13,22,26,34H,9-12,14-15H2,1-2H3,(H,25,28)/t22-/m0/s1. The molecule has 0 saturated heterocycles. The van der Waals surface area contributed by atoms with Crippen LogP contribution in [0.4, 0.5) is 10.5 Å². The molecule has 2 N–H and O–H groups in total. The summed E-state index contributed by atoms with van der Waals surface area (Å²) >= 11 is 3.92. The highest BCUT2D eigenvalue weighted by molar-refractivity contribution is 7.81. The van der Waals surface area contributed by atoms with Crippen molar-refractivity contribution in [2.45, 2.75) is 26.4 Å². The minimum absolute atomic E-state index is 0.0177. The second-order valence-electron chi connectivity index (χ2n) is 8.21. The van der Waals surface area contributed by atoms with Crippen molar-refractivity contribution in [2.75, 3.05) is 37.7 Å². The number of benzene rings is 2. The van der Waals surface area contributed by atoms with Gasteiger partial charge >= 0.3 is 12.1 Å². The lowest BCUT2D eigenvalue weighted by atomic mass is 9.79. The summed E-state index contributed by atoms with van der Waals surface area (Å²) in [5, 5.41) is 11.9. The zero-order valence-corrected chi connectivity index (χ0v) is 20.0. The zero-order chi connectivity index (χ0) is 24.6. The molecule has 0 aliphatic carbocycles. The minimum Gasteiger partial charge on any atom is -0.491 e. The van der Waals surface area contributed by atoms with Gasteiger partial charge in [0.1, 0.15) is 18.5 Å². The maximum absolute atomic E-state index is 12.9. The SMILES string of the molecule is CC(C)(CCOC(=O)CS)[C@@H](OC(=O)Nc1ccc2c(c1)OCO2)c1ccccc1OCCO. The Labute approximate surface area is 203 Å². The molecule has 0 radical (unpaired) electrons. The van der Waals surface area contributed by atoms with E-state index in [0.717, 1.165) is 0 Å². The van der Waals surface area contributed by atoms with Crippen LogP contribution < -0.4 is 19.5 Å². The van der Waals surface area contributed by atoms with Crippen LogP contribution >= 0.6 is 12.6 Å². The van der Waals surface area contributed by atoms with Crippen LogP contribution in [0.2, 0.25) is 0 Å². The number of carbonyl (C=O) groups is 2. The number of carbonyl (C=O) groups excluding carboxylic acids is 2. The average molecular weight is 492 g/mol. The molecule has 0 aromatic heterocycles. The number of esters is 1. The summed E-state index contributed by atoms with van der Waals surface area (Å²) in [5.74, 6) is 1.17. The number of aliphatic hydroxyl groups excluding tert-OH is 1. The molecule has 0 spiro atoms. The molecule has 1 amide bonds. The number of amides is 1. The molecule has 34 heavy (non-hydrogen) atoms. The maximum atomic E-state index is 12.9. The first kappa shape index (κ1) is 25.5. The monoisotopic (exact) mass is 491 g/mol. The first-order valence-corrected chi connectivity index (χ1v) is 11.4. The van der Waals surface area contributed by atoms with E-state index in [1.54, 1.807) is 36.4 Å². The molecule has 0 unspecified atom stereocenters. The Morgan fingerprint density at radius 1 is 1.15 bits per heavy atom. The first-order valence-electron chi connectivity index (χ1n) is 10.8. The minimum atomic E-state index is -0.758. The van der Waals surface area contributed by atoms with Gasteiger partial charge in [-0.2, -0.15) is 12.6 Å². The highest BCUT2D eigenvalue weighted by Crippen LogP contribution is 2.43. The van der Waals surface area contributed by atoms with Crippen LogP contribution in [0.5, 0.6) is 17.2 Å². The third-order valence-corrected chi connectivity index (χ3v) is 5.50. The second-order valence-corrected chi connectivity index (χ2v) is 8.52. The van der Waals surface area contributed by atoms with E-state index in [0.29, 0.717) is 34.9 Å². The van der Waals surface area contributed by atoms with E-state index in [4.69, 9.17) is 23.7 Å². The van der Waals surface area contributed by atoms with Crippen LogP contribution in [-0.2, 0) is 14.3 Å². The van der Waals surface area contributed by atoms with Crippen molar-refractivity contribution < 1.29 is 38.4 Å². The Hall–Kier alpha value is -3.11. The summed E-state index contributed by atoms with van der Waals surface area (Å²) in [7, 11) is 0. The Bertz CT molecular complexity index is 997. The molecule has 9 nitrogen and oxygen atoms in total. The highest BCUT2D eigenvalue weighted by Gasteiger charge is 2.36. The van der Waals surface area contributed by atoms with Crippen LogP contribution in [0, 0.1) is 5.41 Å². The molecule has 0 saturated carbocycles. The first-order chi connectivity index (χ1) is 16.3. The number of ether oxygens (including phenoxy) is 5. The summed E-state index contributed by atoms with van der Waals surface area (Å²) in [6.45, 7) is 4.00. The maximum Gasteiger partial charge on any atom is 0.412 e. The van der Waals surface area contributed by atoms with Gasteiger partial charge in [0.25, 0.3) is 0 Å². The Balaban J connectivity index is 1.81. The van der Waals surface area contributed by atoms with Crippen LogP contribution in [0.3, 0.4) is 0 Å². The molecule has 10 heteroatoms. The fourth-order valence-corrected chi connectivity index (χ4v) is 3.55. The van der Waals surface area contributed by atoms with Crippen LogP contribution in [0.1, 0.15) is 31.9 Å². The Morgan fingerprint density at radius 2 is 1.91 bits per heavy atom. The quantitative estimate of drug-likeness (QED) is 0.320. The number of nitrogens with one attached hydrogen (secondary N) is 1. The van der Waals surface area contributed by atoms with Crippen LogP contribution in [-0.4, -0.2) is 49.5 Å². The van der Waals surface area contributed by atoms with Gasteiger partial charge in [0.15, 0.2) is 11.5 Å². The number of hydrogen-bond donors (Lipinski definition) is 3. The van der Waals surface area contributed by atoms with Crippen molar-refractivity contribution in [3.8, 4) is 17.2 Å². The predicted octanol–water partition coefficient (Wildman–Crippen LogP) is 3.97. The molecule has 2 aromatic carbocycles. The second kappa shape index (κ2) is 11.8. The number of hydrogen-bond acceptors (Lipinski definition) is 9. The molecule has 1 aliphatic heterocycles. The molecule has 0 fully saturated rings. The largest absolute Gasteiger partial charge is 0.491 e. The molecule has 1 aliphatic rings. The number of anilines is 1. The third kappa shape index (κ3) is 6.71. The van der Waals surface area contributed by atoms with Gasteiger partial charge in [-0.05, 0) is 24.6 Å². The normalized spacial score (nSPS) is 13.2. The lowest BCUT2D eigenvalue weighted by Crippen LogP contribution is -2.31. The number of rotatable bonds is 11. The number of aliphatic hydroxyl groups is 1. The van der Waals surface area contributed by atoms with Crippen molar-refractivity contribution >= 4 is 30.4 Å². The van der Waals surface area contributed by atoms with Gasteiger partial charge in [-0.3, -0.25) is 10.1 Å². The molecule has 1 heterocycles. The van der Waals surface area contributed by atoms with Gasteiger partial charge in [-0.1, -0.05) is 32.0 Å². The zero-order valence-electron chi connectivity index (χ0n) is 19.1. The van der Waals surface area contributed by atoms with E-state index in [2.05, 4.69) is 17.9 Å². The van der Waals surface area contributed by atoms with Crippen molar-refractivity contribution in [3.63, 3.8) is 0 Å². The molecule has 184 valence electrons. The summed E-state index contributed by atoms with van der Waals surface area (Å²) in [5.41, 5.74) is 0.461. The van der Waals surface area contributed by atoms with Crippen molar-refractivity contribution in [1.29, 1.82) is 0 Å². The number of thiol groups is 1. The molecule has 1 atom stereocenters. The average Bonchev–Trinajstić information content (AvgIpc) is 3.29. The van der Waals surface area contributed by atoms with Gasteiger partial charge in [-0.25, -0.2) is 4.79 Å².